The lowest BCUT2D eigenvalue weighted by Gasteiger charge is -2.14. The number of hydrogen-bond acceptors (Lipinski definition) is 4. The Labute approximate surface area is 162 Å². The van der Waals surface area contributed by atoms with Crippen LogP contribution in [0.25, 0.3) is 6.08 Å². The fourth-order valence-corrected chi connectivity index (χ4v) is 3.51. The van der Waals surface area contributed by atoms with Crippen molar-refractivity contribution in [3.8, 4) is 5.75 Å². The molecule has 0 aliphatic carbocycles. The van der Waals surface area contributed by atoms with Crippen molar-refractivity contribution >= 4 is 29.0 Å². The molecule has 1 fully saturated rings. The van der Waals surface area contributed by atoms with E-state index in [-0.39, 0.29) is 29.5 Å². The van der Waals surface area contributed by atoms with Crippen LogP contribution in [0, 0.1) is 11.7 Å². The second-order valence-corrected chi connectivity index (χ2v) is 7.60. The zero-order chi connectivity index (χ0) is 19.4. The number of carbonyl (C=O) groups is 2. The second kappa shape index (κ2) is 8.39. The molecule has 3 rings (SSSR count). The minimum absolute atomic E-state index is 0.0757. The van der Waals surface area contributed by atoms with E-state index >= 15 is 0 Å². The van der Waals surface area contributed by atoms with Crippen molar-refractivity contribution in [3.63, 3.8) is 0 Å². The topological polar surface area (TPSA) is 46.6 Å². The van der Waals surface area contributed by atoms with E-state index < -0.39 is 0 Å². The molecule has 1 saturated heterocycles. The van der Waals surface area contributed by atoms with Crippen LogP contribution in [0.5, 0.6) is 5.75 Å². The molecule has 0 radical (unpaired) electrons. The number of carbonyl (C=O) groups excluding carboxylic acids is 2. The number of ether oxygens (including phenoxy) is 1. The molecule has 0 spiro atoms. The monoisotopic (exact) mass is 385 g/mol. The maximum Gasteiger partial charge on any atom is 0.293 e. The molecular weight excluding hydrogens is 365 g/mol. The highest BCUT2D eigenvalue weighted by molar-refractivity contribution is 8.18. The highest BCUT2D eigenvalue weighted by Gasteiger charge is 2.35. The molecule has 0 unspecified atom stereocenters. The van der Waals surface area contributed by atoms with Crippen molar-refractivity contribution in [1.82, 2.24) is 4.90 Å². The molecular formula is C21H20FNO3S. The fourth-order valence-electron chi connectivity index (χ4n) is 2.67. The lowest BCUT2D eigenvalue weighted by atomic mass is 10.1. The molecule has 4 nitrogen and oxygen atoms in total. The predicted octanol–water partition coefficient (Wildman–Crippen LogP) is 5.10. The van der Waals surface area contributed by atoms with Crippen LogP contribution in [-0.2, 0) is 11.4 Å². The first kappa shape index (κ1) is 19.2. The van der Waals surface area contributed by atoms with Crippen LogP contribution in [0.4, 0.5) is 9.18 Å². The lowest BCUT2D eigenvalue weighted by Crippen LogP contribution is -2.31. The summed E-state index contributed by atoms with van der Waals surface area (Å²) in [5, 5.41) is -0.260. The van der Waals surface area contributed by atoms with Crippen LogP contribution in [-0.4, -0.2) is 22.6 Å². The first-order chi connectivity index (χ1) is 13.0. The molecule has 1 aliphatic rings. The van der Waals surface area contributed by atoms with E-state index in [1.165, 1.54) is 11.0 Å². The molecule has 0 N–H and O–H groups in total. The summed E-state index contributed by atoms with van der Waals surface area (Å²) in [5.74, 6) is 0.109. The molecule has 6 heteroatoms. The maximum absolute atomic E-state index is 13.8. The van der Waals surface area contributed by atoms with Crippen molar-refractivity contribution in [2.75, 3.05) is 6.54 Å². The molecule has 0 aromatic heterocycles. The van der Waals surface area contributed by atoms with Gasteiger partial charge in [-0.25, -0.2) is 4.39 Å². The van der Waals surface area contributed by atoms with Crippen LogP contribution in [0.15, 0.2) is 53.4 Å². The van der Waals surface area contributed by atoms with Crippen LogP contribution in [0.3, 0.4) is 0 Å². The first-order valence-electron chi connectivity index (χ1n) is 8.66. The van der Waals surface area contributed by atoms with E-state index in [0.717, 1.165) is 11.8 Å². The Morgan fingerprint density at radius 2 is 1.81 bits per heavy atom. The van der Waals surface area contributed by atoms with Crippen LogP contribution in [0.1, 0.15) is 25.0 Å². The van der Waals surface area contributed by atoms with Gasteiger partial charge < -0.3 is 4.74 Å². The Balaban J connectivity index is 1.80. The van der Waals surface area contributed by atoms with Gasteiger partial charge in [0.2, 0.25) is 0 Å². The smallest absolute Gasteiger partial charge is 0.293 e. The number of benzene rings is 2. The van der Waals surface area contributed by atoms with Crippen LogP contribution in [0.2, 0.25) is 0 Å². The van der Waals surface area contributed by atoms with Crippen molar-refractivity contribution < 1.29 is 18.7 Å². The van der Waals surface area contributed by atoms with Gasteiger partial charge >= 0.3 is 0 Å². The molecule has 0 bridgehead atoms. The van der Waals surface area contributed by atoms with Crippen molar-refractivity contribution in [2.24, 2.45) is 5.92 Å². The van der Waals surface area contributed by atoms with E-state index in [2.05, 4.69) is 0 Å². The number of hydrogen-bond donors (Lipinski definition) is 0. The second-order valence-electron chi connectivity index (χ2n) is 6.60. The van der Waals surface area contributed by atoms with Crippen LogP contribution < -0.4 is 4.74 Å². The van der Waals surface area contributed by atoms with Gasteiger partial charge in [0, 0.05) is 17.7 Å². The number of halogens is 1. The Bertz CT molecular complexity index is 895. The number of nitrogens with zero attached hydrogens (tertiary/aromatic N) is 1. The summed E-state index contributed by atoms with van der Waals surface area (Å²) < 4.78 is 19.5. The van der Waals surface area contributed by atoms with E-state index in [1.54, 1.807) is 42.5 Å². The van der Waals surface area contributed by atoms with Crippen molar-refractivity contribution in [2.45, 2.75) is 20.5 Å². The standard InChI is InChI=1S/C21H20FNO3S/c1-14(2)12-23-20(24)19(27-21(23)25)11-15-7-4-6-10-18(15)26-13-16-8-3-5-9-17(16)22/h3-11,14H,12-13H2,1-2H3/b19-11+. The summed E-state index contributed by atoms with van der Waals surface area (Å²) in [7, 11) is 0. The van der Waals surface area contributed by atoms with Gasteiger partial charge in [-0.1, -0.05) is 50.2 Å². The largest absolute Gasteiger partial charge is 0.488 e. The minimum atomic E-state index is -0.329. The molecule has 1 heterocycles. The van der Waals surface area contributed by atoms with Gasteiger partial charge in [-0.3, -0.25) is 14.5 Å². The first-order valence-corrected chi connectivity index (χ1v) is 9.48. The van der Waals surface area contributed by atoms with E-state index in [1.807, 2.05) is 19.9 Å². The lowest BCUT2D eigenvalue weighted by molar-refractivity contribution is -0.123. The molecule has 0 atom stereocenters. The highest BCUT2D eigenvalue weighted by Crippen LogP contribution is 2.34. The van der Waals surface area contributed by atoms with Crippen LogP contribution >= 0.6 is 11.8 Å². The molecule has 140 valence electrons. The van der Waals surface area contributed by atoms with Gasteiger partial charge in [-0.15, -0.1) is 0 Å². The van der Waals surface area contributed by atoms with E-state index in [0.29, 0.717) is 28.3 Å². The van der Waals surface area contributed by atoms with Crippen molar-refractivity contribution in [3.05, 3.63) is 70.4 Å². The number of para-hydroxylation sites is 1. The van der Waals surface area contributed by atoms with Gasteiger partial charge in [0.15, 0.2) is 0 Å². The van der Waals surface area contributed by atoms with E-state index in [9.17, 15) is 14.0 Å². The molecule has 2 amide bonds. The molecule has 1 aliphatic heterocycles. The van der Waals surface area contributed by atoms with Gasteiger partial charge in [-0.2, -0.15) is 0 Å². The zero-order valence-electron chi connectivity index (χ0n) is 15.1. The van der Waals surface area contributed by atoms with E-state index in [4.69, 9.17) is 4.74 Å². The number of imide groups is 1. The minimum Gasteiger partial charge on any atom is -0.488 e. The summed E-state index contributed by atoms with van der Waals surface area (Å²) in [5.41, 5.74) is 1.12. The summed E-state index contributed by atoms with van der Waals surface area (Å²) in [4.78, 5) is 26.3. The molecule has 2 aromatic carbocycles. The van der Waals surface area contributed by atoms with Crippen molar-refractivity contribution in [1.29, 1.82) is 0 Å². The number of rotatable bonds is 6. The molecule has 2 aromatic rings. The normalized spacial score (nSPS) is 15.9. The third kappa shape index (κ3) is 4.57. The summed E-state index contributed by atoms with van der Waals surface area (Å²) in [6, 6.07) is 13.6. The maximum atomic E-state index is 13.8. The average molecular weight is 385 g/mol. The summed E-state index contributed by atoms with van der Waals surface area (Å²) in [6.45, 7) is 4.39. The van der Waals surface area contributed by atoms with Gasteiger partial charge in [0.1, 0.15) is 18.2 Å². The quantitative estimate of drug-likeness (QED) is 0.649. The third-order valence-electron chi connectivity index (χ3n) is 3.97. The summed E-state index contributed by atoms with van der Waals surface area (Å²) in [6.07, 6.45) is 1.65. The Morgan fingerprint density at radius 1 is 1.11 bits per heavy atom. The zero-order valence-corrected chi connectivity index (χ0v) is 16.0. The average Bonchev–Trinajstić information content (AvgIpc) is 2.89. The predicted molar refractivity (Wildman–Crippen MR) is 105 cm³/mol. The Morgan fingerprint density at radius 3 is 2.56 bits per heavy atom. The summed E-state index contributed by atoms with van der Waals surface area (Å²) >= 11 is 0.927. The Kier molecular flexibility index (Phi) is 5.96. The molecule has 0 saturated carbocycles. The Hall–Kier alpha value is -2.60. The number of amides is 2. The molecule has 27 heavy (non-hydrogen) atoms. The van der Waals surface area contributed by atoms with Gasteiger partial charge in [-0.05, 0) is 35.9 Å². The van der Waals surface area contributed by atoms with Gasteiger partial charge in [0.25, 0.3) is 11.1 Å². The third-order valence-corrected chi connectivity index (χ3v) is 4.88. The van der Waals surface area contributed by atoms with Gasteiger partial charge in [0.05, 0.1) is 4.91 Å². The fraction of sp³-hybridized carbons (Fsp3) is 0.238. The highest BCUT2D eigenvalue weighted by atomic mass is 32.2. The SMILES string of the molecule is CC(C)CN1C(=O)S/C(=C/c2ccccc2OCc2ccccc2F)C1=O. The number of thioether (sulfide) groups is 1.